The van der Waals surface area contributed by atoms with Gasteiger partial charge in [0.2, 0.25) is 0 Å². The minimum absolute atomic E-state index is 0.0110. The van der Waals surface area contributed by atoms with Crippen molar-refractivity contribution in [3.63, 3.8) is 0 Å². The molecular weight excluding hydrogens is 218 g/mol. The van der Waals surface area contributed by atoms with E-state index in [1.54, 1.807) is 12.3 Å². The molecule has 2 rings (SSSR count). The predicted molar refractivity (Wildman–Crippen MR) is 62.6 cm³/mol. The molecule has 0 saturated carbocycles. The highest BCUT2D eigenvalue weighted by Crippen LogP contribution is 2.18. The Morgan fingerprint density at radius 1 is 1.59 bits per heavy atom. The van der Waals surface area contributed by atoms with E-state index in [-0.39, 0.29) is 18.8 Å². The lowest BCUT2D eigenvalue weighted by Crippen LogP contribution is -2.48. The van der Waals surface area contributed by atoms with Crippen LogP contribution < -0.4 is 4.90 Å². The first kappa shape index (κ1) is 11.8. The molecular formula is C12H15N3O2. The van der Waals surface area contributed by atoms with Gasteiger partial charge in [-0.2, -0.15) is 5.26 Å². The van der Waals surface area contributed by atoms with E-state index in [9.17, 15) is 0 Å². The Balaban J connectivity index is 2.12. The van der Waals surface area contributed by atoms with Crippen LogP contribution in [-0.2, 0) is 4.74 Å². The van der Waals surface area contributed by atoms with Crippen molar-refractivity contribution in [1.29, 1.82) is 5.26 Å². The van der Waals surface area contributed by atoms with Crippen molar-refractivity contribution < 1.29 is 9.84 Å². The molecule has 2 atom stereocenters. The number of ether oxygens (including phenoxy) is 1. The van der Waals surface area contributed by atoms with Gasteiger partial charge < -0.3 is 14.7 Å². The largest absolute Gasteiger partial charge is 0.394 e. The number of rotatable bonds is 2. The van der Waals surface area contributed by atoms with Crippen molar-refractivity contribution in [2.24, 2.45) is 0 Å². The van der Waals surface area contributed by atoms with E-state index in [0.29, 0.717) is 12.1 Å². The van der Waals surface area contributed by atoms with Gasteiger partial charge in [0, 0.05) is 19.3 Å². The summed E-state index contributed by atoms with van der Waals surface area (Å²) in [6.45, 7) is 3.35. The second-order valence-corrected chi connectivity index (χ2v) is 4.17. The van der Waals surface area contributed by atoms with E-state index in [1.165, 1.54) is 0 Å². The van der Waals surface area contributed by atoms with Gasteiger partial charge in [-0.1, -0.05) is 0 Å². The lowest BCUT2D eigenvalue weighted by atomic mass is 10.2. The summed E-state index contributed by atoms with van der Waals surface area (Å²) in [4.78, 5) is 6.31. The number of morpholine rings is 1. The number of nitrogens with zero attached hydrogens (tertiary/aromatic N) is 3. The van der Waals surface area contributed by atoms with Gasteiger partial charge in [0.05, 0.1) is 24.4 Å². The summed E-state index contributed by atoms with van der Waals surface area (Å²) in [5.74, 6) is 0.817. The second kappa shape index (κ2) is 5.13. The molecule has 0 amide bonds. The molecule has 0 bridgehead atoms. The fourth-order valence-electron chi connectivity index (χ4n) is 1.97. The molecule has 0 radical (unpaired) electrons. The fourth-order valence-corrected chi connectivity index (χ4v) is 1.97. The zero-order chi connectivity index (χ0) is 12.3. The van der Waals surface area contributed by atoms with Crippen LogP contribution in [0.4, 0.5) is 5.82 Å². The molecule has 0 spiro atoms. The van der Waals surface area contributed by atoms with Crippen LogP contribution in [0.2, 0.25) is 0 Å². The van der Waals surface area contributed by atoms with E-state index >= 15 is 0 Å². The maximum atomic E-state index is 9.14. The van der Waals surface area contributed by atoms with Gasteiger partial charge in [-0.25, -0.2) is 4.98 Å². The Kier molecular flexibility index (Phi) is 3.57. The second-order valence-electron chi connectivity index (χ2n) is 4.17. The molecule has 1 aromatic rings. The highest BCUT2D eigenvalue weighted by atomic mass is 16.5. The van der Waals surface area contributed by atoms with Gasteiger partial charge in [-0.15, -0.1) is 0 Å². The molecule has 17 heavy (non-hydrogen) atoms. The van der Waals surface area contributed by atoms with Crippen LogP contribution in [0, 0.1) is 11.3 Å². The van der Waals surface area contributed by atoms with E-state index < -0.39 is 0 Å². The lowest BCUT2D eigenvalue weighted by Gasteiger charge is -2.36. The Morgan fingerprint density at radius 3 is 3.00 bits per heavy atom. The van der Waals surface area contributed by atoms with E-state index in [1.807, 2.05) is 19.1 Å². The molecule has 5 nitrogen and oxygen atoms in total. The van der Waals surface area contributed by atoms with Crippen LogP contribution in [0.3, 0.4) is 0 Å². The lowest BCUT2D eigenvalue weighted by molar-refractivity contribution is -0.0423. The van der Waals surface area contributed by atoms with E-state index in [4.69, 9.17) is 15.1 Å². The van der Waals surface area contributed by atoms with Crippen molar-refractivity contribution in [2.45, 2.75) is 19.1 Å². The van der Waals surface area contributed by atoms with Crippen molar-refractivity contribution in [1.82, 2.24) is 4.98 Å². The first-order chi connectivity index (χ1) is 8.22. The molecule has 0 aromatic carbocycles. The molecule has 1 aromatic heterocycles. The zero-order valence-electron chi connectivity index (χ0n) is 9.71. The van der Waals surface area contributed by atoms with Crippen molar-refractivity contribution in [3.8, 4) is 6.07 Å². The third-order valence-corrected chi connectivity index (χ3v) is 2.73. The molecule has 1 saturated heterocycles. The van der Waals surface area contributed by atoms with Crippen molar-refractivity contribution >= 4 is 5.82 Å². The highest BCUT2D eigenvalue weighted by molar-refractivity contribution is 5.42. The molecule has 1 aliphatic rings. The summed E-state index contributed by atoms with van der Waals surface area (Å²) >= 11 is 0. The molecule has 1 N–H and O–H groups in total. The number of nitriles is 1. The third-order valence-electron chi connectivity index (χ3n) is 2.73. The Labute approximate surface area is 100 Å². The quantitative estimate of drug-likeness (QED) is 0.807. The summed E-state index contributed by atoms with van der Waals surface area (Å²) in [6.07, 6.45) is 1.46. The Hall–Kier alpha value is -1.64. The SMILES string of the molecule is CC1CN(c2ccc(C#N)cn2)CC(CO)O1. The van der Waals surface area contributed by atoms with Gasteiger partial charge >= 0.3 is 0 Å². The summed E-state index contributed by atoms with van der Waals surface area (Å²) in [6, 6.07) is 5.61. The molecule has 5 heteroatoms. The first-order valence-corrected chi connectivity index (χ1v) is 5.60. The van der Waals surface area contributed by atoms with Gasteiger partial charge in [-0.05, 0) is 19.1 Å². The zero-order valence-corrected chi connectivity index (χ0v) is 9.71. The summed E-state index contributed by atoms with van der Waals surface area (Å²) in [5.41, 5.74) is 0.550. The monoisotopic (exact) mass is 233 g/mol. The maximum Gasteiger partial charge on any atom is 0.128 e. The van der Waals surface area contributed by atoms with Crippen LogP contribution in [0.5, 0.6) is 0 Å². The average Bonchev–Trinajstić information content (AvgIpc) is 2.38. The minimum Gasteiger partial charge on any atom is -0.394 e. The Morgan fingerprint density at radius 2 is 2.41 bits per heavy atom. The smallest absolute Gasteiger partial charge is 0.128 e. The number of aliphatic hydroxyl groups excluding tert-OH is 1. The van der Waals surface area contributed by atoms with Crippen LogP contribution in [-0.4, -0.2) is 42.0 Å². The number of hydrogen-bond acceptors (Lipinski definition) is 5. The Bertz CT molecular complexity index is 413. The third kappa shape index (κ3) is 2.73. The first-order valence-electron chi connectivity index (χ1n) is 5.60. The number of anilines is 1. The summed E-state index contributed by atoms with van der Waals surface area (Å²) < 4.78 is 5.56. The number of aromatic nitrogens is 1. The molecule has 90 valence electrons. The number of pyridine rings is 1. The molecule has 2 heterocycles. The predicted octanol–water partition coefficient (Wildman–Crippen LogP) is 0.539. The van der Waals surface area contributed by atoms with Crippen LogP contribution in [0.25, 0.3) is 0 Å². The van der Waals surface area contributed by atoms with Crippen LogP contribution in [0.1, 0.15) is 12.5 Å². The van der Waals surface area contributed by atoms with Gasteiger partial charge in [-0.3, -0.25) is 0 Å². The molecule has 1 fully saturated rings. The number of aliphatic hydroxyl groups is 1. The van der Waals surface area contributed by atoms with E-state index in [0.717, 1.165) is 12.4 Å². The van der Waals surface area contributed by atoms with Crippen LogP contribution in [0.15, 0.2) is 18.3 Å². The topological polar surface area (TPSA) is 69.4 Å². The maximum absolute atomic E-state index is 9.14. The van der Waals surface area contributed by atoms with Gasteiger partial charge in [0.15, 0.2) is 0 Å². The standard InChI is InChI=1S/C12H15N3O2/c1-9-6-15(7-11(8-16)17-9)12-3-2-10(4-13)5-14-12/h2-3,5,9,11,16H,6-8H2,1H3. The molecule has 1 aliphatic heterocycles. The normalized spacial score (nSPS) is 24.4. The average molecular weight is 233 g/mol. The molecule has 0 aliphatic carbocycles. The summed E-state index contributed by atoms with van der Waals surface area (Å²) in [5, 5.41) is 17.8. The van der Waals surface area contributed by atoms with Gasteiger partial charge in [0.1, 0.15) is 11.9 Å². The van der Waals surface area contributed by atoms with Crippen molar-refractivity contribution in [3.05, 3.63) is 23.9 Å². The van der Waals surface area contributed by atoms with Gasteiger partial charge in [0.25, 0.3) is 0 Å². The minimum atomic E-state index is -0.170. The van der Waals surface area contributed by atoms with Crippen molar-refractivity contribution in [2.75, 3.05) is 24.6 Å². The number of hydrogen-bond donors (Lipinski definition) is 1. The summed E-state index contributed by atoms with van der Waals surface area (Å²) in [7, 11) is 0. The van der Waals surface area contributed by atoms with E-state index in [2.05, 4.69) is 9.88 Å². The molecule has 2 unspecified atom stereocenters. The van der Waals surface area contributed by atoms with Crippen LogP contribution >= 0.6 is 0 Å². The fraction of sp³-hybridized carbons (Fsp3) is 0.500. The highest BCUT2D eigenvalue weighted by Gasteiger charge is 2.25.